The summed E-state index contributed by atoms with van der Waals surface area (Å²) in [4.78, 5) is 8.57. The summed E-state index contributed by atoms with van der Waals surface area (Å²) in [5.41, 5.74) is 0.912. The Morgan fingerprint density at radius 1 is 1.24 bits per heavy atom. The van der Waals surface area contributed by atoms with E-state index in [1.54, 1.807) is 0 Å². The van der Waals surface area contributed by atoms with Gasteiger partial charge in [-0.15, -0.1) is 0 Å². The number of aliphatic hydroxyl groups is 1. The summed E-state index contributed by atoms with van der Waals surface area (Å²) >= 11 is 0. The predicted octanol–water partition coefficient (Wildman–Crippen LogP) is 2.30. The average molecular weight is 237 g/mol. The van der Waals surface area contributed by atoms with Gasteiger partial charge in [-0.2, -0.15) is 0 Å². The molecule has 0 unspecified atom stereocenters. The van der Waals surface area contributed by atoms with Crippen molar-refractivity contribution in [3.63, 3.8) is 0 Å². The minimum Gasteiger partial charge on any atom is -0.396 e. The molecule has 2 N–H and O–H groups in total. The first-order valence-electron chi connectivity index (χ1n) is 6.22. The number of nitrogens with zero attached hydrogens (tertiary/aromatic N) is 2. The molecule has 1 aromatic rings. The monoisotopic (exact) mass is 237 g/mol. The molecule has 0 aliphatic rings. The molecule has 1 aromatic heterocycles. The lowest BCUT2D eigenvalue weighted by molar-refractivity contribution is 0.127. The Hall–Kier alpha value is -1.16. The van der Waals surface area contributed by atoms with E-state index in [0.29, 0.717) is 0 Å². The van der Waals surface area contributed by atoms with Gasteiger partial charge in [-0.3, -0.25) is 0 Å². The van der Waals surface area contributed by atoms with Crippen LogP contribution < -0.4 is 5.32 Å². The SMILES string of the molecule is CCC(CC)(CO)CNc1cc(C)nc(C)n1. The van der Waals surface area contributed by atoms with Crippen molar-refractivity contribution in [2.75, 3.05) is 18.5 Å². The Morgan fingerprint density at radius 3 is 2.35 bits per heavy atom. The summed E-state index contributed by atoms with van der Waals surface area (Å²) in [6.45, 7) is 9.01. The van der Waals surface area contributed by atoms with Crippen LogP contribution in [0.1, 0.15) is 38.2 Å². The highest BCUT2D eigenvalue weighted by atomic mass is 16.3. The number of aliphatic hydroxyl groups excluding tert-OH is 1. The summed E-state index contributed by atoms with van der Waals surface area (Å²) < 4.78 is 0. The van der Waals surface area contributed by atoms with Crippen LogP contribution in [0.25, 0.3) is 0 Å². The molecule has 0 spiro atoms. The smallest absolute Gasteiger partial charge is 0.129 e. The van der Waals surface area contributed by atoms with E-state index in [4.69, 9.17) is 0 Å². The van der Waals surface area contributed by atoms with Crippen molar-refractivity contribution < 1.29 is 5.11 Å². The number of anilines is 1. The van der Waals surface area contributed by atoms with Crippen molar-refractivity contribution in [3.8, 4) is 0 Å². The van der Waals surface area contributed by atoms with E-state index >= 15 is 0 Å². The topological polar surface area (TPSA) is 58.0 Å². The van der Waals surface area contributed by atoms with Crippen LogP contribution in [-0.2, 0) is 0 Å². The zero-order valence-electron chi connectivity index (χ0n) is 11.2. The molecule has 4 nitrogen and oxygen atoms in total. The lowest BCUT2D eigenvalue weighted by Crippen LogP contribution is -2.32. The lowest BCUT2D eigenvalue weighted by Gasteiger charge is -2.29. The average Bonchev–Trinajstić information content (AvgIpc) is 2.30. The Kier molecular flexibility index (Phi) is 4.87. The molecule has 0 aliphatic heterocycles. The van der Waals surface area contributed by atoms with E-state index in [9.17, 15) is 5.11 Å². The van der Waals surface area contributed by atoms with Gasteiger partial charge in [-0.25, -0.2) is 9.97 Å². The highest BCUT2D eigenvalue weighted by Crippen LogP contribution is 2.25. The van der Waals surface area contributed by atoms with Crippen LogP contribution in [0.15, 0.2) is 6.07 Å². The molecule has 0 fully saturated rings. The van der Waals surface area contributed by atoms with Gasteiger partial charge in [0.2, 0.25) is 0 Å². The van der Waals surface area contributed by atoms with Crippen LogP contribution in [0.3, 0.4) is 0 Å². The van der Waals surface area contributed by atoms with Gasteiger partial charge in [0, 0.05) is 23.7 Å². The quantitative estimate of drug-likeness (QED) is 0.797. The molecule has 0 saturated carbocycles. The molecule has 0 amide bonds. The van der Waals surface area contributed by atoms with E-state index in [1.165, 1.54) is 0 Å². The number of rotatable bonds is 6. The normalized spacial score (nSPS) is 11.6. The largest absolute Gasteiger partial charge is 0.396 e. The Bertz CT molecular complexity index is 333. The number of hydrogen-bond donors (Lipinski definition) is 2. The van der Waals surface area contributed by atoms with Gasteiger partial charge in [-0.05, 0) is 26.7 Å². The second-order valence-electron chi connectivity index (χ2n) is 4.66. The molecule has 0 bridgehead atoms. The standard InChI is InChI=1S/C13H23N3O/c1-5-13(6-2,9-17)8-14-12-7-10(3)15-11(4)16-12/h7,17H,5-6,8-9H2,1-4H3,(H,14,15,16). The van der Waals surface area contributed by atoms with Crippen LogP contribution in [0.2, 0.25) is 0 Å². The number of aromatic nitrogens is 2. The van der Waals surface area contributed by atoms with E-state index < -0.39 is 0 Å². The predicted molar refractivity (Wildman–Crippen MR) is 70.1 cm³/mol. The van der Waals surface area contributed by atoms with Crippen molar-refractivity contribution in [2.45, 2.75) is 40.5 Å². The van der Waals surface area contributed by atoms with Gasteiger partial charge in [-0.1, -0.05) is 13.8 Å². The zero-order valence-corrected chi connectivity index (χ0v) is 11.2. The van der Waals surface area contributed by atoms with Crippen molar-refractivity contribution in [1.29, 1.82) is 0 Å². The molecule has 17 heavy (non-hydrogen) atoms. The van der Waals surface area contributed by atoms with Crippen molar-refractivity contribution in [3.05, 3.63) is 17.6 Å². The minimum absolute atomic E-state index is 0.0488. The lowest BCUT2D eigenvalue weighted by atomic mass is 9.83. The van der Waals surface area contributed by atoms with Crippen LogP contribution in [0.5, 0.6) is 0 Å². The number of nitrogens with one attached hydrogen (secondary N) is 1. The fraction of sp³-hybridized carbons (Fsp3) is 0.692. The number of aryl methyl sites for hydroxylation is 2. The van der Waals surface area contributed by atoms with Gasteiger partial charge >= 0.3 is 0 Å². The Labute approximate surface area is 103 Å². The maximum absolute atomic E-state index is 9.49. The van der Waals surface area contributed by atoms with E-state index in [2.05, 4.69) is 29.1 Å². The molecule has 96 valence electrons. The maximum Gasteiger partial charge on any atom is 0.129 e. The molecule has 4 heteroatoms. The van der Waals surface area contributed by atoms with Gasteiger partial charge < -0.3 is 10.4 Å². The number of hydrogen-bond acceptors (Lipinski definition) is 4. The van der Waals surface area contributed by atoms with Crippen LogP contribution in [0.4, 0.5) is 5.82 Å². The third-order valence-electron chi connectivity index (χ3n) is 3.45. The highest BCUT2D eigenvalue weighted by molar-refractivity contribution is 5.35. The first kappa shape index (κ1) is 13.9. The summed E-state index contributed by atoms with van der Waals surface area (Å²) in [5, 5.41) is 12.8. The molecule has 0 aliphatic carbocycles. The van der Waals surface area contributed by atoms with Crippen molar-refractivity contribution in [1.82, 2.24) is 9.97 Å². The van der Waals surface area contributed by atoms with Crippen LogP contribution >= 0.6 is 0 Å². The van der Waals surface area contributed by atoms with E-state index in [1.807, 2.05) is 19.9 Å². The fourth-order valence-electron chi connectivity index (χ4n) is 1.87. The van der Waals surface area contributed by atoms with Gasteiger partial charge in [0.15, 0.2) is 0 Å². The third kappa shape index (κ3) is 3.66. The third-order valence-corrected chi connectivity index (χ3v) is 3.45. The Balaban J connectivity index is 2.71. The van der Waals surface area contributed by atoms with Crippen LogP contribution in [0, 0.1) is 19.3 Å². The van der Waals surface area contributed by atoms with Gasteiger partial charge in [0.1, 0.15) is 11.6 Å². The summed E-state index contributed by atoms with van der Waals surface area (Å²) in [5.74, 6) is 1.62. The van der Waals surface area contributed by atoms with E-state index in [0.717, 1.165) is 36.7 Å². The maximum atomic E-state index is 9.49. The first-order chi connectivity index (χ1) is 8.05. The van der Waals surface area contributed by atoms with Crippen molar-refractivity contribution in [2.24, 2.45) is 5.41 Å². The molecule has 0 atom stereocenters. The molecular weight excluding hydrogens is 214 g/mol. The minimum atomic E-state index is -0.0488. The summed E-state index contributed by atoms with van der Waals surface area (Å²) in [6, 6.07) is 1.93. The van der Waals surface area contributed by atoms with Crippen LogP contribution in [-0.4, -0.2) is 28.2 Å². The summed E-state index contributed by atoms with van der Waals surface area (Å²) in [6.07, 6.45) is 1.91. The molecule has 0 saturated heterocycles. The summed E-state index contributed by atoms with van der Waals surface area (Å²) in [7, 11) is 0. The Morgan fingerprint density at radius 2 is 1.88 bits per heavy atom. The van der Waals surface area contributed by atoms with Crippen molar-refractivity contribution >= 4 is 5.82 Å². The van der Waals surface area contributed by atoms with E-state index in [-0.39, 0.29) is 12.0 Å². The molecule has 0 radical (unpaired) electrons. The molecule has 0 aromatic carbocycles. The second kappa shape index (κ2) is 5.96. The first-order valence-corrected chi connectivity index (χ1v) is 6.22. The fourth-order valence-corrected chi connectivity index (χ4v) is 1.87. The molecule has 1 rings (SSSR count). The second-order valence-corrected chi connectivity index (χ2v) is 4.66. The van der Waals surface area contributed by atoms with Gasteiger partial charge in [0.05, 0.1) is 6.61 Å². The molecule has 1 heterocycles. The zero-order chi connectivity index (χ0) is 12.9. The van der Waals surface area contributed by atoms with Gasteiger partial charge in [0.25, 0.3) is 0 Å². The highest BCUT2D eigenvalue weighted by Gasteiger charge is 2.25. The molecular formula is C13H23N3O.